The van der Waals surface area contributed by atoms with Crippen LogP contribution >= 0.6 is 11.3 Å². The third kappa shape index (κ3) is 1.31. The maximum atomic E-state index is 10.7. The van der Waals surface area contributed by atoms with E-state index >= 15 is 0 Å². The van der Waals surface area contributed by atoms with E-state index in [1.54, 1.807) is 5.38 Å². The summed E-state index contributed by atoms with van der Waals surface area (Å²) < 4.78 is 0. The molecule has 0 aromatic carbocycles. The summed E-state index contributed by atoms with van der Waals surface area (Å²) in [6, 6.07) is 0. The first-order chi connectivity index (χ1) is 4.74. The van der Waals surface area contributed by atoms with Crippen LogP contribution in [0.25, 0.3) is 0 Å². The topological polar surface area (TPSA) is 68.0 Å². The molecule has 0 spiro atoms. The summed E-state index contributed by atoms with van der Waals surface area (Å²) in [4.78, 5) is 14.5. The summed E-state index contributed by atoms with van der Waals surface area (Å²) in [5.74, 6) is 5.01. The average molecular weight is 157 g/mol. The molecule has 0 atom stereocenters. The van der Waals surface area contributed by atoms with Gasteiger partial charge in [0.2, 0.25) is 0 Å². The molecule has 3 N–H and O–H groups in total. The Hall–Kier alpha value is -0.940. The fourth-order valence-electron chi connectivity index (χ4n) is 0.502. The molecule has 0 aliphatic carbocycles. The second-order valence-electron chi connectivity index (χ2n) is 1.74. The van der Waals surface area contributed by atoms with E-state index in [9.17, 15) is 4.79 Å². The molecule has 0 aliphatic rings. The van der Waals surface area contributed by atoms with Crippen LogP contribution in [0.15, 0.2) is 5.38 Å². The fourth-order valence-corrected chi connectivity index (χ4v) is 1.16. The van der Waals surface area contributed by atoms with Crippen molar-refractivity contribution < 1.29 is 4.79 Å². The van der Waals surface area contributed by atoms with E-state index in [4.69, 9.17) is 5.84 Å². The molecule has 1 aromatic heterocycles. The molecule has 0 saturated heterocycles. The van der Waals surface area contributed by atoms with E-state index in [1.807, 2.05) is 0 Å². The number of ketones is 1. The minimum atomic E-state index is -0.0437. The highest BCUT2D eigenvalue weighted by Gasteiger charge is 2.03. The number of nitrogens with one attached hydrogen (secondary N) is 1. The standard InChI is InChI=1S/C5H7N3OS/c1-3(9)4-2-10-5(7-4)8-6/h2H,6H2,1H3,(H,7,8). The van der Waals surface area contributed by atoms with Gasteiger partial charge >= 0.3 is 0 Å². The van der Waals surface area contributed by atoms with Gasteiger partial charge in [0.15, 0.2) is 10.9 Å². The molecule has 0 saturated carbocycles. The Labute approximate surface area is 62.0 Å². The first-order valence-electron chi connectivity index (χ1n) is 2.67. The van der Waals surface area contributed by atoms with Crippen LogP contribution in [-0.2, 0) is 0 Å². The van der Waals surface area contributed by atoms with Gasteiger partial charge in [-0.1, -0.05) is 0 Å². The van der Waals surface area contributed by atoms with E-state index < -0.39 is 0 Å². The number of carbonyl (C=O) groups is 1. The SMILES string of the molecule is CC(=O)c1csc(NN)n1. The second kappa shape index (κ2) is 2.76. The van der Waals surface area contributed by atoms with Crippen LogP contribution in [0, 0.1) is 0 Å². The first kappa shape index (κ1) is 7.17. The van der Waals surface area contributed by atoms with Crippen molar-refractivity contribution in [1.29, 1.82) is 0 Å². The maximum absolute atomic E-state index is 10.7. The van der Waals surface area contributed by atoms with Gasteiger partial charge in [0.05, 0.1) is 0 Å². The predicted molar refractivity (Wildman–Crippen MR) is 39.9 cm³/mol. The van der Waals surface area contributed by atoms with Gasteiger partial charge in [0.1, 0.15) is 5.69 Å². The van der Waals surface area contributed by atoms with Crippen molar-refractivity contribution in [3.05, 3.63) is 11.1 Å². The number of nitrogen functional groups attached to an aromatic ring is 1. The molecule has 0 bridgehead atoms. The summed E-state index contributed by atoms with van der Waals surface area (Å²) in [6.45, 7) is 1.47. The Kier molecular flexibility index (Phi) is 1.98. The van der Waals surface area contributed by atoms with Gasteiger partial charge in [-0.25, -0.2) is 10.8 Å². The molecule has 1 heterocycles. The van der Waals surface area contributed by atoms with Crippen molar-refractivity contribution in [2.75, 3.05) is 5.43 Å². The van der Waals surface area contributed by atoms with Gasteiger partial charge in [-0.2, -0.15) is 0 Å². The lowest BCUT2D eigenvalue weighted by Gasteiger charge is -1.87. The summed E-state index contributed by atoms with van der Waals surface area (Å²) in [5, 5.41) is 2.22. The zero-order valence-corrected chi connectivity index (χ0v) is 6.23. The molecule has 0 unspecified atom stereocenters. The zero-order chi connectivity index (χ0) is 7.56. The number of hydrazine groups is 1. The van der Waals surface area contributed by atoms with E-state index in [0.29, 0.717) is 10.8 Å². The Balaban J connectivity index is 2.88. The van der Waals surface area contributed by atoms with E-state index in [0.717, 1.165) is 0 Å². The Morgan fingerprint density at radius 3 is 2.90 bits per heavy atom. The van der Waals surface area contributed by atoms with Crippen LogP contribution < -0.4 is 11.3 Å². The fraction of sp³-hybridized carbons (Fsp3) is 0.200. The highest BCUT2D eigenvalue weighted by atomic mass is 32.1. The molecule has 10 heavy (non-hydrogen) atoms. The minimum absolute atomic E-state index is 0.0437. The lowest BCUT2D eigenvalue weighted by molar-refractivity contribution is 0.101. The van der Waals surface area contributed by atoms with E-state index in [-0.39, 0.29) is 5.78 Å². The number of aromatic nitrogens is 1. The average Bonchev–Trinajstić information content (AvgIpc) is 2.34. The number of hydrogen-bond acceptors (Lipinski definition) is 5. The molecule has 1 aromatic rings. The Morgan fingerprint density at radius 2 is 2.60 bits per heavy atom. The molecular formula is C5H7N3OS. The molecule has 0 amide bonds. The summed E-state index contributed by atoms with van der Waals surface area (Å²) in [7, 11) is 0. The van der Waals surface area contributed by atoms with Crippen molar-refractivity contribution in [1.82, 2.24) is 4.98 Å². The maximum Gasteiger partial charge on any atom is 0.197 e. The third-order valence-electron chi connectivity index (χ3n) is 0.988. The van der Waals surface area contributed by atoms with Gasteiger partial charge < -0.3 is 0 Å². The van der Waals surface area contributed by atoms with Crippen LogP contribution in [0.4, 0.5) is 5.13 Å². The van der Waals surface area contributed by atoms with Gasteiger partial charge in [0, 0.05) is 12.3 Å². The number of anilines is 1. The number of hydrogen-bond donors (Lipinski definition) is 2. The first-order valence-corrected chi connectivity index (χ1v) is 3.55. The Bertz CT molecular complexity index is 245. The van der Waals surface area contributed by atoms with Gasteiger partial charge in [-0.05, 0) is 0 Å². The lowest BCUT2D eigenvalue weighted by Crippen LogP contribution is -2.06. The number of thiazole rings is 1. The number of rotatable bonds is 2. The van der Waals surface area contributed by atoms with Crippen LogP contribution in [0.2, 0.25) is 0 Å². The summed E-state index contributed by atoms with van der Waals surface area (Å²) in [5.41, 5.74) is 2.81. The molecule has 4 nitrogen and oxygen atoms in total. The smallest absolute Gasteiger partial charge is 0.197 e. The van der Waals surface area contributed by atoms with Crippen LogP contribution in [0.1, 0.15) is 17.4 Å². The van der Waals surface area contributed by atoms with Crippen LogP contribution in [0.3, 0.4) is 0 Å². The lowest BCUT2D eigenvalue weighted by atomic mass is 10.4. The van der Waals surface area contributed by atoms with E-state index in [1.165, 1.54) is 18.3 Å². The van der Waals surface area contributed by atoms with Crippen LogP contribution in [-0.4, -0.2) is 10.8 Å². The second-order valence-corrected chi connectivity index (χ2v) is 2.60. The zero-order valence-electron chi connectivity index (χ0n) is 5.42. The monoisotopic (exact) mass is 157 g/mol. The largest absolute Gasteiger partial charge is 0.300 e. The highest BCUT2D eigenvalue weighted by Crippen LogP contribution is 2.13. The number of Topliss-reactive ketones (excluding diaryl/α,β-unsaturated/α-hetero) is 1. The van der Waals surface area contributed by atoms with Crippen molar-refractivity contribution in [2.24, 2.45) is 5.84 Å². The van der Waals surface area contributed by atoms with Crippen LogP contribution in [0.5, 0.6) is 0 Å². The van der Waals surface area contributed by atoms with Crippen molar-refractivity contribution in [3.8, 4) is 0 Å². The predicted octanol–water partition coefficient (Wildman–Crippen LogP) is 0.631. The third-order valence-corrected chi connectivity index (χ3v) is 1.76. The molecule has 0 fully saturated rings. The molecule has 54 valence electrons. The molecular weight excluding hydrogens is 150 g/mol. The quantitative estimate of drug-likeness (QED) is 0.375. The summed E-state index contributed by atoms with van der Waals surface area (Å²) >= 11 is 1.31. The van der Waals surface area contributed by atoms with Gasteiger partial charge in [-0.3, -0.25) is 10.2 Å². The molecule has 1 rings (SSSR count). The van der Waals surface area contributed by atoms with Crippen molar-refractivity contribution >= 4 is 22.3 Å². The highest BCUT2D eigenvalue weighted by molar-refractivity contribution is 7.13. The van der Waals surface area contributed by atoms with E-state index in [2.05, 4.69) is 10.4 Å². The normalized spacial score (nSPS) is 9.40. The minimum Gasteiger partial charge on any atom is -0.300 e. The summed E-state index contributed by atoms with van der Waals surface area (Å²) in [6.07, 6.45) is 0. The molecule has 0 radical (unpaired) electrons. The number of carbonyl (C=O) groups excluding carboxylic acids is 1. The van der Waals surface area contributed by atoms with Crippen molar-refractivity contribution in [3.63, 3.8) is 0 Å². The van der Waals surface area contributed by atoms with Crippen molar-refractivity contribution in [2.45, 2.75) is 6.92 Å². The number of nitrogens with two attached hydrogens (primary N) is 1. The van der Waals surface area contributed by atoms with Gasteiger partial charge in [0.25, 0.3) is 0 Å². The molecule has 0 aliphatic heterocycles. The molecule has 5 heteroatoms. The van der Waals surface area contributed by atoms with Gasteiger partial charge in [-0.15, -0.1) is 11.3 Å². The Morgan fingerprint density at radius 1 is 1.90 bits per heavy atom. The number of nitrogens with zero attached hydrogens (tertiary/aromatic N) is 1.